The Bertz CT molecular complexity index is 541. The predicted octanol–water partition coefficient (Wildman–Crippen LogP) is 4.54. The minimum absolute atomic E-state index is 0.0808. The van der Waals surface area contributed by atoms with Crippen molar-refractivity contribution in [2.45, 2.75) is 26.9 Å². The van der Waals surface area contributed by atoms with Gasteiger partial charge in [0.15, 0.2) is 0 Å². The first-order valence-corrected chi connectivity index (χ1v) is 6.92. The van der Waals surface area contributed by atoms with Crippen LogP contribution in [0.4, 0.5) is 0 Å². The lowest BCUT2D eigenvalue weighted by Crippen LogP contribution is -2.18. The van der Waals surface area contributed by atoms with Crippen molar-refractivity contribution in [3.05, 3.63) is 65.7 Å². The highest BCUT2D eigenvalue weighted by Gasteiger charge is 2.21. The van der Waals surface area contributed by atoms with Gasteiger partial charge in [-0.3, -0.25) is 0 Å². The maximum atomic E-state index is 10.1. The van der Waals surface area contributed by atoms with Crippen LogP contribution in [-0.2, 0) is 4.74 Å². The molecule has 2 aromatic rings. The Morgan fingerprint density at radius 1 is 0.950 bits per heavy atom. The Hall–Kier alpha value is -1.80. The van der Waals surface area contributed by atoms with Crippen molar-refractivity contribution in [1.82, 2.24) is 0 Å². The van der Waals surface area contributed by atoms with Crippen molar-refractivity contribution in [3.8, 4) is 5.75 Å². The summed E-state index contributed by atoms with van der Waals surface area (Å²) >= 11 is 0. The van der Waals surface area contributed by atoms with Crippen molar-refractivity contribution in [2.24, 2.45) is 5.41 Å². The molecule has 0 unspecified atom stereocenters. The average Bonchev–Trinajstić information content (AvgIpc) is 2.41. The summed E-state index contributed by atoms with van der Waals surface area (Å²) in [6, 6.07) is 17.4. The van der Waals surface area contributed by atoms with Crippen LogP contribution < -0.4 is 0 Å². The first-order chi connectivity index (χ1) is 9.47. The van der Waals surface area contributed by atoms with Gasteiger partial charge in [0.05, 0.1) is 6.61 Å². The molecule has 0 aliphatic rings. The molecule has 2 heteroatoms. The zero-order valence-corrected chi connectivity index (χ0v) is 12.3. The van der Waals surface area contributed by atoms with Gasteiger partial charge in [0.2, 0.25) is 0 Å². The first kappa shape index (κ1) is 14.6. The third-order valence-corrected chi connectivity index (χ3v) is 3.00. The smallest absolute Gasteiger partial charge is 0.121 e. The molecule has 1 N–H and O–H groups in total. The second kappa shape index (κ2) is 6.10. The van der Waals surface area contributed by atoms with Crippen LogP contribution in [0.1, 0.15) is 38.0 Å². The molecule has 0 aromatic heterocycles. The summed E-state index contributed by atoms with van der Waals surface area (Å²) in [7, 11) is 0. The quantitative estimate of drug-likeness (QED) is 0.883. The molecule has 0 aliphatic carbocycles. The molecular formula is C18H22O2. The van der Waals surface area contributed by atoms with Gasteiger partial charge >= 0.3 is 0 Å². The van der Waals surface area contributed by atoms with E-state index in [2.05, 4.69) is 20.8 Å². The Balaban J connectivity index is 2.32. The Morgan fingerprint density at radius 2 is 1.55 bits per heavy atom. The second-order valence-electron chi connectivity index (χ2n) is 6.22. The van der Waals surface area contributed by atoms with Crippen LogP contribution in [-0.4, -0.2) is 11.7 Å². The van der Waals surface area contributed by atoms with E-state index in [9.17, 15) is 5.11 Å². The number of phenols is 1. The van der Waals surface area contributed by atoms with Crippen molar-refractivity contribution >= 4 is 0 Å². The summed E-state index contributed by atoms with van der Waals surface area (Å²) in [4.78, 5) is 0. The molecule has 0 aliphatic heterocycles. The van der Waals surface area contributed by atoms with E-state index in [0.717, 1.165) is 11.1 Å². The highest BCUT2D eigenvalue weighted by Crippen LogP contribution is 2.33. The van der Waals surface area contributed by atoms with E-state index in [4.69, 9.17) is 4.74 Å². The Labute approximate surface area is 121 Å². The Kier molecular flexibility index (Phi) is 4.46. The van der Waals surface area contributed by atoms with Crippen molar-refractivity contribution in [1.29, 1.82) is 0 Å². The standard InChI is InChI=1S/C18H22O2/c1-18(2,3)13-20-17(14-9-5-4-6-10-14)15-11-7-8-12-16(15)19/h4-12,17,19H,13H2,1-3H3/t17-/m1/s1. The highest BCUT2D eigenvalue weighted by atomic mass is 16.5. The van der Waals surface area contributed by atoms with Gasteiger partial charge in [-0.25, -0.2) is 0 Å². The number of rotatable bonds is 4. The van der Waals surface area contributed by atoms with Gasteiger partial charge in [-0.05, 0) is 17.0 Å². The molecule has 0 amide bonds. The highest BCUT2D eigenvalue weighted by molar-refractivity contribution is 5.39. The average molecular weight is 270 g/mol. The lowest BCUT2D eigenvalue weighted by molar-refractivity contribution is 0.0278. The summed E-state index contributed by atoms with van der Waals surface area (Å²) in [5, 5.41) is 10.1. The van der Waals surface area contributed by atoms with Gasteiger partial charge in [0.25, 0.3) is 0 Å². The summed E-state index contributed by atoms with van der Waals surface area (Å²) in [5.41, 5.74) is 1.94. The summed E-state index contributed by atoms with van der Waals surface area (Å²) in [6.45, 7) is 7.04. The minimum Gasteiger partial charge on any atom is -0.508 e. The van der Waals surface area contributed by atoms with Crippen LogP contribution >= 0.6 is 0 Å². The molecule has 1 atom stereocenters. The molecule has 0 saturated carbocycles. The van der Waals surface area contributed by atoms with Crippen LogP contribution in [0, 0.1) is 5.41 Å². The molecule has 2 aromatic carbocycles. The lowest BCUT2D eigenvalue weighted by Gasteiger charge is -2.25. The van der Waals surface area contributed by atoms with Gasteiger partial charge in [-0.2, -0.15) is 0 Å². The van der Waals surface area contributed by atoms with Gasteiger partial charge < -0.3 is 9.84 Å². The molecule has 106 valence electrons. The van der Waals surface area contributed by atoms with Crippen molar-refractivity contribution < 1.29 is 9.84 Å². The van der Waals surface area contributed by atoms with E-state index in [0.29, 0.717) is 6.61 Å². The molecule has 0 saturated heterocycles. The van der Waals surface area contributed by atoms with Gasteiger partial charge in [0, 0.05) is 5.56 Å². The van der Waals surface area contributed by atoms with Crippen LogP contribution in [0.15, 0.2) is 54.6 Å². The number of hydrogen-bond acceptors (Lipinski definition) is 2. The van der Waals surface area contributed by atoms with Crippen LogP contribution in [0.3, 0.4) is 0 Å². The minimum atomic E-state index is -0.239. The fraction of sp³-hybridized carbons (Fsp3) is 0.333. The molecule has 0 fully saturated rings. The summed E-state index contributed by atoms with van der Waals surface area (Å²) in [5.74, 6) is 0.273. The number of ether oxygens (including phenoxy) is 1. The molecule has 2 rings (SSSR count). The van der Waals surface area contributed by atoms with E-state index in [1.54, 1.807) is 6.07 Å². The van der Waals surface area contributed by atoms with Crippen molar-refractivity contribution in [2.75, 3.05) is 6.61 Å². The van der Waals surface area contributed by atoms with E-state index in [1.807, 2.05) is 48.5 Å². The third kappa shape index (κ3) is 3.84. The number of benzene rings is 2. The largest absolute Gasteiger partial charge is 0.508 e. The number of hydrogen-bond donors (Lipinski definition) is 1. The monoisotopic (exact) mass is 270 g/mol. The number of phenolic OH excluding ortho intramolecular Hbond substituents is 1. The number of para-hydroxylation sites is 1. The van der Waals surface area contributed by atoms with E-state index < -0.39 is 0 Å². The molecule has 0 bridgehead atoms. The second-order valence-corrected chi connectivity index (χ2v) is 6.22. The lowest BCUT2D eigenvalue weighted by atomic mass is 9.97. The van der Waals surface area contributed by atoms with Gasteiger partial charge in [-0.1, -0.05) is 69.3 Å². The molecule has 0 heterocycles. The topological polar surface area (TPSA) is 29.5 Å². The zero-order valence-electron chi connectivity index (χ0n) is 12.3. The van der Waals surface area contributed by atoms with E-state index in [-0.39, 0.29) is 17.3 Å². The van der Waals surface area contributed by atoms with Gasteiger partial charge in [0.1, 0.15) is 11.9 Å². The maximum Gasteiger partial charge on any atom is 0.121 e. The normalized spacial score (nSPS) is 13.2. The molecule has 20 heavy (non-hydrogen) atoms. The number of aromatic hydroxyl groups is 1. The molecular weight excluding hydrogens is 248 g/mol. The Morgan fingerprint density at radius 3 is 2.15 bits per heavy atom. The first-order valence-electron chi connectivity index (χ1n) is 6.92. The van der Waals surface area contributed by atoms with Crippen LogP contribution in [0.5, 0.6) is 5.75 Å². The van der Waals surface area contributed by atoms with Crippen LogP contribution in [0.25, 0.3) is 0 Å². The van der Waals surface area contributed by atoms with Crippen LogP contribution in [0.2, 0.25) is 0 Å². The van der Waals surface area contributed by atoms with E-state index in [1.165, 1.54) is 0 Å². The third-order valence-electron chi connectivity index (χ3n) is 3.00. The molecule has 0 spiro atoms. The summed E-state index contributed by atoms with van der Waals surface area (Å²) in [6.07, 6.45) is -0.239. The molecule has 0 radical (unpaired) electrons. The fourth-order valence-corrected chi connectivity index (χ4v) is 2.04. The fourth-order valence-electron chi connectivity index (χ4n) is 2.04. The SMILES string of the molecule is CC(C)(C)CO[C@H](c1ccccc1)c1ccccc1O. The molecule has 2 nitrogen and oxygen atoms in total. The maximum absolute atomic E-state index is 10.1. The van der Waals surface area contributed by atoms with E-state index >= 15 is 0 Å². The zero-order chi connectivity index (χ0) is 14.6. The van der Waals surface area contributed by atoms with Gasteiger partial charge in [-0.15, -0.1) is 0 Å². The summed E-state index contributed by atoms with van der Waals surface area (Å²) < 4.78 is 6.10. The predicted molar refractivity (Wildman–Crippen MR) is 81.8 cm³/mol. The van der Waals surface area contributed by atoms with Crippen molar-refractivity contribution in [3.63, 3.8) is 0 Å².